The van der Waals surface area contributed by atoms with Crippen molar-refractivity contribution in [3.05, 3.63) is 0 Å². The summed E-state index contributed by atoms with van der Waals surface area (Å²) in [7, 11) is 3.35. The SMILES string of the molecule is COC(OC)C(C)NN1C(C)CCCC1C. The van der Waals surface area contributed by atoms with E-state index >= 15 is 0 Å². The molecule has 0 aliphatic carbocycles. The molecule has 1 saturated heterocycles. The van der Waals surface area contributed by atoms with Crippen molar-refractivity contribution in [3.8, 4) is 0 Å². The molecule has 3 atom stereocenters. The first kappa shape index (κ1) is 13.9. The van der Waals surface area contributed by atoms with Gasteiger partial charge in [0, 0.05) is 26.3 Å². The molecule has 0 saturated carbocycles. The van der Waals surface area contributed by atoms with Gasteiger partial charge in [-0.3, -0.25) is 0 Å². The van der Waals surface area contributed by atoms with Gasteiger partial charge in [-0.25, -0.2) is 10.4 Å². The predicted octanol–water partition coefficient (Wildman–Crippen LogP) is 1.76. The van der Waals surface area contributed by atoms with E-state index in [1.54, 1.807) is 14.2 Å². The Morgan fingerprint density at radius 2 is 1.62 bits per heavy atom. The molecule has 0 aromatic carbocycles. The zero-order chi connectivity index (χ0) is 12.1. The van der Waals surface area contributed by atoms with Gasteiger partial charge in [0.05, 0.1) is 6.04 Å². The van der Waals surface area contributed by atoms with Crippen LogP contribution in [0.2, 0.25) is 0 Å². The van der Waals surface area contributed by atoms with Gasteiger partial charge in [-0.2, -0.15) is 0 Å². The van der Waals surface area contributed by atoms with Crippen LogP contribution in [0.5, 0.6) is 0 Å². The average Bonchev–Trinajstić information content (AvgIpc) is 2.25. The van der Waals surface area contributed by atoms with Gasteiger partial charge in [0.15, 0.2) is 6.29 Å². The Morgan fingerprint density at radius 3 is 2.06 bits per heavy atom. The van der Waals surface area contributed by atoms with E-state index in [2.05, 4.69) is 31.2 Å². The first-order chi connectivity index (χ1) is 7.60. The molecule has 0 aromatic heterocycles. The van der Waals surface area contributed by atoms with Crippen molar-refractivity contribution in [1.82, 2.24) is 10.4 Å². The van der Waals surface area contributed by atoms with Crippen molar-refractivity contribution >= 4 is 0 Å². The Balaban J connectivity index is 2.50. The van der Waals surface area contributed by atoms with Crippen molar-refractivity contribution in [1.29, 1.82) is 0 Å². The van der Waals surface area contributed by atoms with Crippen LogP contribution in [0.3, 0.4) is 0 Å². The van der Waals surface area contributed by atoms with E-state index in [0.717, 1.165) is 0 Å². The highest BCUT2D eigenvalue weighted by Crippen LogP contribution is 2.20. The maximum atomic E-state index is 5.26. The van der Waals surface area contributed by atoms with Gasteiger partial charge in [0.1, 0.15) is 0 Å². The third-order valence-electron chi connectivity index (χ3n) is 3.42. The number of nitrogens with zero attached hydrogens (tertiary/aromatic N) is 1. The molecule has 3 unspecified atom stereocenters. The van der Waals surface area contributed by atoms with Crippen LogP contribution in [0.4, 0.5) is 0 Å². The van der Waals surface area contributed by atoms with Crippen LogP contribution in [0, 0.1) is 0 Å². The molecule has 1 aliphatic rings. The lowest BCUT2D eigenvalue weighted by Crippen LogP contribution is -2.57. The first-order valence-corrected chi connectivity index (χ1v) is 6.20. The summed E-state index contributed by atoms with van der Waals surface area (Å²) in [4.78, 5) is 0. The maximum Gasteiger partial charge on any atom is 0.173 e. The van der Waals surface area contributed by atoms with Crippen LogP contribution in [-0.4, -0.2) is 43.6 Å². The molecule has 16 heavy (non-hydrogen) atoms. The highest BCUT2D eigenvalue weighted by Gasteiger charge is 2.27. The smallest absolute Gasteiger partial charge is 0.173 e. The predicted molar refractivity (Wildman–Crippen MR) is 65.0 cm³/mol. The van der Waals surface area contributed by atoms with Gasteiger partial charge in [-0.05, 0) is 33.6 Å². The fraction of sp³-hybridized carbons (Fsp3) is 1.00. The van der Waals surface area contributed by atoms with Gasteiger partial charge >= 0.3 is 0 Å². The van der Waals surface area contributed by atoms with Gasteiger partial charge in [0.2, 0.25) is 0 Å². The second-order valence-electron chi connectivity index (χ2n) is 4.79. The van der Waals surface area contributed by atoms with Gasteiger partial charge in [-0.15, -0.1) is 0 Å². The zero-order valence-corrected chi connectivity index (χ0v) is 11.2. The van der Waals surface area contributed by atoms with Crippen LogP contribution in [0.15, 0.2) is 0 Å². The Morgan fingerprint density at radius 1 is 1.12 bits per heavy atom. The van der Waals surface area contributed by atoms with Crippen molar-refractivity contribution in [2.45, 2.75) is 64.4 Å². The minimum atomic E-state index is -0.193. The molecule has 1 fully saturated rings. The van der Waals surface area contributed by atoms with Crippen LogP contribution >= 0.6 is 0 Å². The Hall–Kier alpha value is -0.160. The Kier molecular flexibility index (Phi) is 5.69. The molecule has 1 N–H and O–H groups in total. The molecular weight excluding hydrogens is 204 g/mol. The number of piperidine rings is 1. The second kappa shape index (κ2) is 6.55. The molecule has 0 bridgehead atoms. The molecule has 1 heterocycles. The molecule has 0 spiro atoms. The molecule has 0 aromatic rings. The summed E-state index contributed by atoms with van der Waals surface area (Å²) >= 11 is 0. The van der Waals surface area contributed by atoms with E-state index in [-0.39, 0.29) is 12.3 Å². The highest BCUT2D eigenvalue weighted by atomic mass is 16.7. The van der Waals surface area contributed by atoms with Crippen molar-refractivity contribution < 1.29 is 9.47 Å². The average molecular weight is 230 g/mol. The summed E-state index contributed by atoms with van der Waals surface area (Å²) in [5, 5.41) is 2.35. The maximum absolute atomic E-state index is 5.26. The quantitative estimate of drug-likeness (QED) is 0.730. The largest absolute Gasteiger partial charge is 0.354 e. The summed E-state index contributed by atoms with van der Waals surface area (Å²) in [5.74, 6) is 0. The minimum Gasteiger partial charge on any atom is -0.354 e. The van der Waals surface area contributed by atoms with Gasteiger partial charge < -0.3 is 9.47 Å². The summed E-state index contributed by atoms with van der Waals surface area (Å²) in [6, 6.07) is 1.33. The number of hydrazine groups is 1. The fourth-order valence-electron chi connectivity index (χ4n) is 2.48. The number of hydrogen-bond acceptors (Lipinski definition) is 4. The molecule has 1 rings (SSSR count). The Labute approximate surface area is 99.3 Å². The van der Waals surface area contributed by atoms with Crippen LogP contribution in [0.1, 0.15) is 40.0 Å². The van der Waals surface area contributed by atoms with Crippen molar-refractivity contribution in [2.24, 2.45) is 0 Å². The fourth-order valence-corrected chi connectivity index (χ4v) is 2.48. The summed E-state index contributed by atoms with van der Waals surface area (Å²) in [6.45, 7) is 6.62. The first-order valence-electron chi connectivity index (χ1n) is 6.20. The highest BCUT2D eigenvalue weighted by molar-refractivity contribution is 4.78. The molecule has 0 radical (unpaired) electrons. The van der Waals surface area contributed by atoms with E-state index < -0.39 is 0 Å². The number of rotatable bonds is 5. The Bertz CT molecular complexity index is 187. The molecule has 1 aliphatic heterocycles. The van der Waals surface area contributed by atoms with Crippen molar-refractivity contribution in [2.75, 3.05) is 14.2 Å². The lowest BCUT2D eigenvalue weighted by molar-refractivity contribution is -0.137. The molecular formula is C12H26N2O2. The van der Waals surface area contributed by atoms with E-state index in [4.69, 9.17) is 9.47 Å². The normalized spacial score (nSPS) is 29.6. The van der Waals surface area contributed by atoms with E-state index in [1.165, 1.54) is 19.3 Å². The summed E-state index contributed by atoms with van der Waals surface area (Å²) < 4.78 is 10.5. The lowest BCUT2D eigenvalue weighted by Gasteiger charge is -2.41. The second-order valence-corrected chi connectivity index (χ2v) is 4.79. The summed E-state index contributed by atoms with van der Waals surface area (Å²) in [5.41, 5.74) is 3.50. The van der Waals surface area contributed by atoms with Crippen molar-refractivity contribution in [3.63, 3.8) is 0 Å². The summed E-state index contributed by atoms with van der Waals surface area (Å²) in [6.07, 6.45) is 3.65. The van der Waals surface area contributed by atoms with E-state index in [0.29, 0.717) is 12.1 Å². The topological polar surface area (TPSA) is 33.7 Å². The van der Waals surface area contributed by atoms with Gasteiger partial charge in [0.25, 0.3) is 0 Å². The number of nitrogens with one attached hydrogen (secondary N) is 1. The van der Waals surface area contributed by atoms with E-state index in [9.17, 15) is 0 Å². The molecule has 96 valence electrons. The van der Waals surface area contributed by atoms with Crippen LogP contribution < -0.4 is 5.43 Å². The number of hydrogen-bond donors (Lipinski definition) is 1. The minimum absolute atomic E-state index is 0.165. The molecule has 4 heteroatoms. The molecule has 4 nitrogen and oxygen atoms in total. The number of methoxy groups -OCH3 is 2. The molecule has 0 amide bonds. The van der Waals surface area contributed by atoms with Crippen LogP contribution in [-0.2, 0) is 9.47 Å². The standard InChI is InChI=1S/C12H26N2O2/c1-9-7-6-8-10(2)14(9)13-11(3)12(15-4)16-5/h9-13H,6-8H2,1-5H3. The third-order valence-corrected chi connectivity index (χ3v) is 3.42. The van der Waals surface area contributed by atoms with Crippen LogP contribution in [0.25, 0.3) is 0 Å². The third kappa shape index (κ3) is 3.42. The number of ether oxygens (including phenoxy) is 2. The van der Waals surface area contributed by atoms with Gasteiger partial charge in [-0.1, -0.05) is 6.42 Å². The monoisotopic (exact) mass is 230 g/mol. The zero-order valence-electron chi connectivity index (χ0n) is 11.2. The lowest BCUT2D eigenvalue weighted by atomic mass is 10.00. The van der Waals surface area contributed by atoms with E-state index in [1.807, 2.05) is 0 Å².